The van der Waals surface area contributed by atoms with Gasteiger partial charge in [0.15, 0.2) is 11.9 Å². The Balaban J connectivity index is 1.61. The number of aryl methyl sites for hydroxylation is 1. The zero-order chi connectivity index (χ0) is 18.7. The fourth-order valence-electron chi connectivity index (χ4n) is 2.65. The Morgan fingerprint density at radius 1 is 1.23 bits per heavy atom. The summed E-state index contributed by atoms with van der Waals surface area (Å²) in [6.07, 6.45) is 1.23. The predicted octanol–water partition coefficient (Wildman–Crippen LogP) is 2.93. The van der Waals surface area contributed by atoms with Crippen molar-refractivity contribution in [2.45, 2.75) is 33.4 Å². The van der Waals surface area contributed by atoms with Gasteiger partial charge in [0.2, 0.25) is 0 Å². The van der Waals surface area contributed by atoms with E-state index in [1.807, 2.05) is 35.7 Å². The number of hydrogen-bond donors (Lipinski definition) is 1. The van der Waals surface area contributed by atoms with Crippen LogP contribution in [0.25, 0.3) is 5.65 Å². The number of benzene rings is 1. The third kappa shape index (κ3) is 3.91. The van der Waals surface area contributed by atoms with Crippen molar-refractivity contribution in [3.63, 3.8) is 0 Å². The number of carbonyl (C=O) groups is 2. The molecular weight excluding hydrogens is 330 g/mol. The Bertz CT molecular complexity index is 962. The lowest BCUT2D eigenvalue weighted by atomic mass is 10.1. The lowest BCUT2D eigenvalue weighted by Crippen LogP contribution is -2.36. The van der Waals surface area contributed by atoms with E-state index >= 15 is 0 Å². The van der Waals surface area contributed by atoms with E-state index in [-0.39, 0.29) is 11.7 Å². The van der Waals surface area contributed by atoms with Gasteiger partial charge in [-0.3, -0.25) is 9.59 Å². The molecule has 0 radical (unpaired) electrons. The second-order valence-electron chi connectivity index (χ2n) is 6.19. The highest BCUT2D eigenvalue weighted by Gasteiger charge is 2.15. The number of aromatic nitrogens is 2. The molecule has 3 rings (SSSR count). The summed E-state index contributed by atoms with van der Waals surface area (Å²) in [6, 6.07) is 12.7. The monoisotopic (exact) mass is 351 g/mol. The molecule has 6 nitrogen and oxygen atoms in total. The van der Waals surface area contributed by atoms with Crippen molar-refractivity contribution < 1.29 is 14.3 Å². The van der Waals surface area contributed by atoms with E-state index in [1.165, 1.54) is 6.92 Å². The molecule has 1 atom stereocenters. The minimum Gasteiger partial charge on any atom is -0.481 e. The second kappa shape index (κ2) is 7.39. The van der Waals surface area contributed by atoms with Gasteiger partial charge in [0, 0.05) is 17.5 Å². The van der Waals surface area contributed by atoms with Gasteiger partial charge in [-0.25, -0.2) is 4.98 Å². The molecule has 2 aromatic heterocycles. The summed E-state index contributed by atoms with van der Waals surface area (Å²) in [5, 5.41) is 2.83. The van der Waals surface area contributed by atoms with Gasteiger partial charge >= 0.3 is 0 Å². The molecule has 6 heteroatoms. The summed E-state index contributed by atoms with van der Waals surface area (Å²) in [5.74, 6) is 0.199. The van der Waals surface area contributed by atoms with Crippen LogP contribution in [0.15, 0.2) is 48.7 Å². The number of hydrogen-bond acceptors (Lipinski definition) is 4. The quantitative estimate of drug-likeness (QED) is 0.693. The average molecular weight is 351 g/mol. The topological polar surface area (TPSA) is 72.7 Å². The van der Waals surface area contributed by atoms with Crippen LogP contribution < -0.4 is 10.1 Å². The molecule has 1 aromatic carbocycles. The van der Waals surface area contributed by atoms with Gasteiger partial charge in [-0.15, -0.1) is 0 Å². The number of fused-ring (bicyclic) bond motifs is 1. The number of Topliss-reactive ketones (excluding diaryl/α,β-unsaturated/α-hetero) is 1. The van der Waals surface area contributed by atoms with Crippen LogP contribution in [-0.2, 0) is 11.3 Å². The largest absolute Gasteiger partial charge is 0.481 e. The summed E-state index contributed by atoms with van der Waals surface area (Å²) in [5.41, 5.74) is 3.25. The molecule has 26 heavy (non-hydrogen) atoms. The molecule has 1 N–H and O–H groups in total. The first-order valence-electron chi connectivity index (χ1n) is 8.43. The van der Waals surface area contributed by atoms with Crippen molar-refractivity contribution in [1.29, 1.82) is 0 Å². The van der Waals surface area contributed by atoms with E-state index in [2.05, 4.69) is 10.3 Å². The number of rotatable bonds is 6. The first-order valence-corrected chi connectivity index (χ1v) is 8.43. The van der Waals surface area contributed by atoms with Crippen LogP contribution in [0.2, 0.25) is 0 Å². The first kappa shape index (κ1) is 17.7. The van der Waals surface area contributed by atoms with Gasteiger partial charge in [-0.05, 0) is 45.0 Å². The van der Waals surface area contributed by atoms with Crippen molar-refractivity contribution in [3.05, 3.63) is 65.6 Å². The first-order chi connectivity index (χ1) is 12.4. The number of ketones is 1. The van der Waals surface area contributed by atoms with Crippen LogP contribution in [0.1, 0.15) is 35.6 Å². The van der Waals surface area contributed by atoms with E-state index in [0.29, 0.717) is 17.9 Å². The number of pyridine rings is 1. The number of amides is 1. The summed E-state index contributed by atoms with van der Waals surface area (Å²) in [6.45, 7) is 5.48. The Morgan fingerprint density at radius 3 is 2.73 bits per heavy atom. The maximum absolute atomic E-state index is 12.3. The Kier molecular flexibility index (Phi) is 5.02. The molecule has 0 bridgehead atoms. The second-order valence-corrected chi connectivity index (χ2v) is 6.19. The molecule has 0 aliphatic carbocycles. The van der Waals surface area contributed by atoms with E-state index < -0.39 is 6.10 Å². The van der Waals surface area contributed by atoms with Crippen LogP contribution in [0, 0.1) is 6.92 Å². The molecule has 0 aliphatic rings. The highest BCUT2D eigenvalue weighted by atomic mass is 16.5. The van der Waals surface area contributed by atoms with Crippen molar-refractivity contribution in [3.8, 4) is 5.75 Å². The number of carbonyl (C=O) groups excluding carboxylic acids is 2. The van der Waals surface area contributed by atoms with Gasteiger partial charge < -0.3 is 14.5 Å². The normalized spacial score (nSPS) is 12.0. The van der Waals surface area contributed by atoms with Gasteiger partial charge in [-0.1, -0.05) is 18.2 Å². The fourth-order valence-corrected chi connectivity index (χ4v) is 2.65. The molecule has 3 aromatic rings. The predicted molar refractivity (Wildman–Crippen MR) is 98.3 cm³/mol. The van der Waals surface area contributed by atoms with Crippen LogP contribution in [0.4, 0.5) is 0 Å². The number of nitrogens with one attached hydrogen (secondary N) is 1. The zero-order valence-corrected chi connectivity index (χ0v) is 15.0. The van der Waals surface area contributed by atoms with E-state index in [4.69, 9.17) is 4.74 Å². The minimum atomic E-state index is -0.684. The molecule has 0 saturated heterocycles. The fraction of sp³-hybridized carbons (Fsp3) is 0.250. The van der Waals surface area contributed by atoms with Gasteiger partial charge in [0.05, 0.1) is 12.2 Å². The smallest absolute Gasteiger partial charge is 0.261 e. The van der Waals surface area contributed by atoms with Gasteiger partial charge in [-0.2, -0.15) is 0 Å². The molecule has 1 amide bonds. The van der Waals surface area contributed by atoms with Gasteiger partial charge in [0.25, 0.3) is 5.91 Å². The van der Waals surface area contributed by atoms with Crippen molar-refractivity contribution in [2.24, 2.45) is 0 Å². The highest BCUT2D eigenvalue weighted by Crippen LogP contribution is 2.15. The third-order valence-electron chi connectivity index (χ3n) is 4.11. The Morgan fingerprint density at radius 2 is 2.00 bits per heavy atom. The van der Waals surface area contributed by atoms with E-state index in [9.17, 15) is 9.59 Å². The standard InChI is InChI=1S/C20H21N3O3/c1-13-6-4-9-19-22-17(12-23(13)19)11-21-20(25)15(3)26-18-8-5-7-16(10-18)14(2)24/h4-10,12,15H,11H2,1-3H3,(H,21,25). The molecule has 0 spiro atoms. The molecular formula is C20H21N3O3. The summed E-state index contributed by atoms with van der Waals surface area (Å²) >= 11 is 0. The van der Waals surface area contributed by atoms with Gasteiger partial charge in [0.1, 0.15) is 11.4 Å². The van der Waals surface area contributed by atoms with Crippen LogP contribution in [0.5, 0.6) is 5.75 Å². The molecule has 0 fully saturated rings. The SMILES string of the molecule is CC(=O)c1cccc(OC(C)C(=O)NCc2cn3c(C)cccc3n2)c1. The van der Waals surface area contributed by atoms with Crippen LogP contribution in [0.3, 0.4) is 0 Å². The van der Waals surface area contributed by atoms with Crippen LogP contribution in [-0.4, -0.2) is 27.2 Å². The lowest BCUT2D eigenvalue weighted by Gasteiger charge is -2.14. The maximum Gasteiger partial charge on any atom is 0.261 e. The maximum atomic E-state index is 12.3. The number of nitrogens with zero attached hydrogens (tertiary/aromatic N) is 2. The number of imidazole rings is 1. The average Bonchev–Trinajstić information content (AvgIpc) is 3.04. The lowest BCUT2D eigenvalue weighted by molar-refractivity contribution is -0.127. The van der Waals surface area contributed by atoms with Crippen molar-refractivity contribution >= 4 is 17.3 Å². The van der Waals surface area contributed by atoms with Crippen molar-refractivity contribution in [2.75, 3.05) is 0 Å². The molecule has 0 aliphatic heterocycles. The molecule has 1 unspecified atom stereocenters. The molecule has 2 heterocycles. The summed E-state index contributed by atoms with van der Waals surface area (Å²) in [4.78, 5) is 28.2. The van der Waals surface area contributed by atoms with Crippen molar-refractivity contribution in [1.82, 2.24) is 14.7 Å². The highest BCUT2D eigenvalue weighted by molar-refractivity contribution is 5.94. The zero-order valence-electron chi connectivity index (χ0n) is 15.0. The van der Waals surface area contributed by atoms with E-state index in [1.54, 1.807) is 31.2 Å². The minimum absolute atomic E-state index is 0.0466. The van der Waals surface area contributed by atoms with E-state index in [0.717, 1.165) is 17.0 Å². The Labute approximate surface area is 151 Å². The molecule has 134 valence electrons. The Hall–Kier alpha value is -3.15. The van der Waals surface area contributed by atoms with Crippen LogP contribution >= 0.6 is 0 Å². The summed E-state index contributed by atoms with van der Waals surface area (Å²) < 4.78 is 7.62. The third-order valence-corrected chi connectivity index (χ3v) is 4.11. The number of ether oxygens (including phenoxy) is 1. The molecule has 0 saturated carbocycles. The summed E-state index contributed by atoms with van der Waals surface area (Å²) in [7, 11) is 0.